The SMILES string of the molecule is C#CCOC(=O)C1=C(C)NC(C)=C(C(=O)OC(C)C)C1c1cccc(C(=O)OCC)c1. The summed E-state index contributed by atoms with van der Waals surface area (Å²) in [6.07, 6.45) is 4.87. The molecule has 1 aliphatic heterocycles. The Labute approximate surface area is 182 Å². The van der Waals surface area contributed by atoms with E-state index in [0.29, 0.717) is 22.5 Å². The molecule has 0 aromatic heterocycles. The lowest BCUT2D eigenvalue weighted by molar-refractivity contribution is -0.143. The van der Waals surface area contributed by atoms with Crippen LogP contribution in [0.2, 0.25) is 0 Å². The third-order valence-electron chi connectivity index (χ3n) is 4.56. The topological polar surface area (TPSA) is 90.9 Å². The Hall–Kier alpha value is -3.53. The van der Waals surface area contributed by atoms with Crippen LogP contribution in [-0.4, -0.2) is 37.2 Å². The number of hydrogen-bond donors (Lipinski definition) is 1. The molecule has 0 spiro atoms. The Morgan fingerprint density at radius 2 is 1.71 bits per heavy atom. The maximum absolute atomic E-state index is 13.0. The highest BCUT2D eigenvalue weighted by molar-refractivity contribution is 6.00. The Bertz CT molecular complexity index is 980. The van der Waals surface area contributed by atoms with Crippen LogP contribution in [0.3, 0.4) is 0 Å². The second-order valence-electron chi connectivity index (χ2n) is 7.22. The van der Waals surface area contributed by atoms with Crippen molar-refractivity contribution in [1.29, 1.82) is 0 Å². The first-order valence-corrected chi connectivity index (χ1v) is 9.98. The van der Waals surface area contributed by atoms with Crippen molar-refractivity contribution >= 4 is 17.9 Å². The molecule has 31 heavy (non-hydrogen) atoms. The predicted octanol–water partition coefficient (Wildman–Crippen LogP) is 3.23. The zero-order valence-corrected chi connectivity index (χ0v) is 18.4. The molecule has 2 rings (SSSR count). The van der Waals surface area contributed by atoms with E-state index in [1.165, 1.54) is 0 Å². The molecule has 0 bridgehead atoms. The van der Waals surface area contributed by atoms with E-state index in [1.807, 2.05) is 0 Å². The van der Waals surface area contributed by atoms with E-state index in [4.69, 9.17) is 20.6 Å². The van der Waals surface area contributed by atoms with Gasteiger partial charge in [0.25, 0.3) is 0 Å². The molecule has 1 atom stereocenters. The van der Waals surface area contributed by atoms with Gasteiger partial charge in [-0.1, -0.05) is 18.1 Å². The standard InChI is InChI=1S/C24H27NO6/c1-7-12-30-23(27)19-15(5)25-16(6)20(24(28)31-14(3)4)21(19)17-10-9-11-18(13-17)22(26)29-8-2/h1,9-11,13-14,21,25H,8,12H2,2-6H3. The molecule has 7 nitrogen and oxygen atoms in total. The number of terminal acetylenes is 1. The number of ether oxygens (including phenoxy) is 3. The van der Waals surface area contributed by atoms with Crippen LogP contribution in [0.4, 0.5) is 0 Å². The van der Waals surface area contributed by atoms with Crippen molar-refractivity contribution in [3.63, 3.8) is 0 Å². The van der Waals surface area contributed by atoms with Crippen LogP contribution in [0.25, 0.3) is 0 Å². The number of esters is 3. The summed E-state index contributed by atoms with van der Waals surface area (Å²) < 4.78 is 15.7. The van der Waals surface area contributed by atoms with E-state index >= 15 is 0 Å². The number of hydrogen-bond acceptors (Lipinski definition) is 7. The fraction of sp³-hybridized carbons (Fsp3) is 0.375. The van der Waals surface area contributed by atoms with Gasteiger partial charge in [-0.2, -0.15) is 0 Å². The first kappa shape index (κ1) is 23.7. The van der Waals surface area contributed by atoms with Gasteiger partial charge < -0.3 is 19.5 Å². The molecule has 164 valence electrons. The number of allylic oxidation sites excluding steroid dienone is 2. The molecular formula is C24H27NO6. The van der Waals surface area contributed by atoms with Crippen LogP contribution in [0.5, 0.6) is 0 Å². The smallest absolute Gasteiger partial charge is 0.338 e. The average molecular weight is 425 g/mol. The molecule has 0 saturated heterocycles. The minimum atomic E-state index is -0.813. The molecule has 0 radical (unpaired) electrons. The highest BCUT2D eigenvalue weighted by Gasteiger charge is 2.38. The first-order chi connectivity index (χ1) is 14.7. The van der Waals surface area contributed by atoms with Gasteiger partial charge in [-0.15, -0.1) is 6.42 Å². The van der Waals surface area contributed by atoms with Crippen LogP contribution < -0.4 is 5.32 Å². The van der Waals surface area contributed by atoms with Crippen LogP contribution in [0, 0.1) is 12.3 Å². The predicted molar refractivity (Wildman–Crippen MR) is 115 cm³/mol. The summed E-state index contributed by atoms with van der Waals surface area (Å²) in [5.74, 6) is -0.271. The van der Waals surface area contributed by atoms with Gasteiger partial charge in [-0.05, 0) is 52.3 Å². The molecule has 1 aromatic rings. The van der Waals surface area contributed by atoms with E-state index in [1.54, 1.807) is 58.9 Å². The van der Waals surface area contributed by atoms with E-state index in [9.17, 15) is 14.4 Å². The Morgan fingerprint density at radius 1 is 1.06 bits per heavy atom. The number of rotatable bonds is 7. The maximum atomic E-state index is 13.0. The third-order valence-corrected chi connectivity index (χ3v) is 4.56. The summed E-state index contributed by atoms with van der Waals surface area (Å²) in [4.78, 5) is 38.1. The monoisotopic (exact) mass is 425 g/mol. The number of carbonyl (C=O) groups excluding carboxylic acids is 3. The minimum Gasteiger partial charge on any atom is -0.462 e. The first-order valence-electron chi connectivity index (χ1n) is 9.98. The van der Waals surface area contributed by atoms with Gasteiger partial charge in [-0.25, -0.2) is 14.4 Å². The van der Waals surface area contributed by atoms with Crippen molar-refractivity contribution < 1.29 is 28.6 Å². The Kier molecular flexibility index (Phi) is 8.03. The van der Waals surface area contributed by atoms with Crippen molar-refractivity contribution in [2.75, 3.05) is 13.2 Å². The van der Waals surface area contributed by atoms with E-state index in [0.717, 1.165) is 0 Å². The highest BCUT2D eigenvalue weighted by atomic mass is 16.5. The summed E-state index contributed by atoms with van der Waals surface area (Å²) in [6, 6.07) is 6.62. The van der Waals surface area contributed by atoms with Gasteiger partial charge in [0, 0.05) is 11.4 Å². The second kappa shape index (κ2) is 10.5. The summed E-state index contributed by atoms with van der Waals surface area (Å²) in [5, 5.41) is 3.06. The van der Waals surface area contributed by atoms with Crippen molar-refractivity contribution in [3.05, 3.63) is 57.9 Å². The summed E-state index contributed by atoms with van der Waals surface area (Å²) >= 11 is 0. The number of benzene rings is 1. The lowest BCUT2D eigenvalue weighted by Gasteiger charge is -2.31. The van der Waals surface area contributed by atoms with Crippen molar-refractivity contribution in [2.45, 2.75) is 46.6 Å². The van der Waals surface area contributed by atoms with E-state index in [-0.39, 0.29) is 30.5 Å². The molecule has 0 aliphatic carbocycles. The third kappa shape index (κ3) is 5.54. The van der Waals surface area contributed by atoms with Crippen molar-refractivity contribution in [2.24, 2.45) is 0 Å². The molecule has 1 heterocycles. The van der Waals surface area contributed by atoms with Crippen LogP contribution in [0.15, 0.2) is 46.8 Å². The molecule has 1 unspecified atom stereocenters. The molecular weight excluding hydrogens is 398 g/mol. The molecule has 1 N–H and O–H groups in total. The van der Waals surface area contributed by atoms with Gasteiger partial charge in [0.2, 0.25) is 0 Å². The summed E-state index contributed by atoms with van der Waals surface area (Å²) in [6.45, 7) is 8.65. The lowest BCUT2D eigenvalue weighted by Crippen LogP contribution is -2.33. The zero-order valence-electron chi connectivity index (χ0n) is 18.4. The Morgan fingerprint density at radius 3 is 2.29 bits per heavy atom. The molecule has 7 heteroatoms. The fourth-order valence-corrected chi connectivity index (χ4v) is 3.39. The maximum Gasteiger partial charge on any atom is 0.338 e. The Balaban J connectivity index is 2.65. The van der Waals surface area contributed by atoms with Gasteiger partial charge in [0.1, 0.15) is 0 Å². The highest BCUT2D eigenvalue weighted by Crippen LogP contribution is 2.39. The van der Waals surface area contributed by atoms with Gasteiger partial charge in [-0.3, -0.25) is 0 Å². The number of dihydropyridines is 1. The van der Waals surface area contributed by atoms with Gasteiger partial charge in [0.15, 0.2) is 6.61 Å². The largest absolute Gasteiger partial charge is 0.462 e. The fourth-order valence-electron chi connectivity index (χ4n) is 3.39. The zero-order chi connectivity index (χ0) is 23.1. The van der Waals surface area contributed by atoms with E-state index in [2.05, 4.69) is 11.2 Å². The summed E-state index contributed by atoms with van der Waals surface area (Å²) in [7, 11) is 0. The quantitative estimate of drug-likeness (QED) is 0.407. The summed E-state index contributed by atoms with van der Waals surface area (Å²) in [5.41, 5.74) is 2.40. The molecule has 0 amide bonds. The second-order valence-corrected chi connectivity index (χ2v) is 7.22. The lowest BCUT2D eigenvalue weighted by atomic mass is 9.80. The van der Waals surface area contributed by atoms with Crippen LogP contribution >= 0.6 is 0 Å². The minimum absolute atomic E-state index is 0.209. The molecule has 0 saturated carbocycles. The number of nitrogens with one attached hydrogen (secondary N) is 1. The van der Waals surface area contributed by atoms with E-state index < -0.39 is 23.8 Å². The van der Waals surface area contributed by atoms with Crippen molar-refractivity contribution in [1.82, 2.24) is 5.32 Å². The number of carbonyl (C=O) groups is 3. The van der Waals surface area contributed by atoms with Crippen molar-refractivity contribution in [3.8, 4) is 12.3 Å². The normalized spacial score (nSPS) is 15.8. The van der Waals surface area contributed by atoms with Gasteiger partial charge >= 0.3 is 17.9 Å². The average Bonchev–Trinajstić information content (AvgIpc) is 2.71. The van der Waals surface area contributed by atoms with Crippen LogP contribution in [0.1, 0.15) is 56.5 Å². The molecule has 1 aliphatic rings. The van der Waals surface area contributed by atoms with Gasteiger partial charge in [0.05, 0.1) is 35.3 Å². The van der Waals surface area contributed by atoms with Crippen LogP contribution in [-0.2, 0) is 23.8 Å². The molecule has 0 fully saturated rings. The molecule has 1 aromatic carbocycles.